The van der Waals surface area contributed by atoms with Crippen LogP contribution in [-0.2, 0) is 22.7 Å². The molecule has 0 radical (unpaired) electrons. The molecule has 0 aromatic heterocycles. The van der Waals surface area contributed by atoms with Crippen LogP contribution < -0.4 is 11.1 Å². The first-order valence-electron chi connectivity index (χ1n) is 10.1. The van der Waals surface area contributed by atoms with Crippen LogP contribution in [0.3, 0.4) is 0 Å². The smallest absolute Gasteiger partial charge is 0.255 e. The van der Waals surface area contributed by atoms with Crippen molar-refractivity contribution in [3.05, 3.63) is 34.9 Å². The highest BCUT2D eigenvalue weighted by Crippen LogP contribution is 2.31. The molecule has 1 atom stereocenters. The summed E-state index contributed by atoms with van der Waals surface area (Å²) in [7, 11) is 2.13. The number of nitrogens with two attached hydrogens (primary N) is 1. The average molecular weight is 384 g/mol. The van der Waals surface area contributed by atoms with Gasteiger partial charge in [0, 0.05) is 37.2 Å². The SMILES string of the molecule is CN(Cc1cccc2c1CN(C1CCC(=O)NC1=O)C2=O)C1CCC(N)CC1. The van der Waals surface area contributed by atoms with Gasteiger partial charge in [-0.2, -0.15) is 0 Å². The largest absolute Gasteiger partial charge is 0.328 e. The van der Waals surface area contributed by atoms with E-state index in [0.29, 0.717) is 30.6 Å². The van der Waals surface area contributed by atoms with Gasteiger partial charge >= 0.3 is 0 Å². The Bertz CT molecular complexity index is 801. The number of fused-ring (bicyclic) bond motifs is 1. The third-order valence-electron chi connectivity index (χ3n) is 6.46. The quantitative estimate of drug-likeness (QED) is 0.759. The molecule has 3 amide bonds. The molecular weight excluding hydrogens is 356 g/mol. The van der Waals surface area contributed by atoms with E-state index in [9.17, 15) is 14.4 Å². The Morgan fingerprint density at radius 1 is 1.14 bits per heavy atom. The molecule has 1 unspecified atom stereocenters. The van der Waals surface area contributed by atoms with Crippen molar-refractivity contribution in [2.75, 3.05) is 7.05 Å². The Hall–Kier alpha value is -2.25. The topological polar surface area (TPSA) is 95.7 Å². The molecule has 3 N–H and O–H groups in total. The zero-order valence-corrected chi connectivity index (χ0v) is 16.3. The van der Waals surface area contributed by atoms with E-state index in [1.54, 1.807) is 4.90 Å². The van der Waals surface area contributed by atoms with Crippen LogP contribution in [0.25, 0.3) is 0 Å². The molecular formula is C21H28N4O3. The molecule has 1 aromatic rings. The van der Waals surface area contributed by atoms with Crippen molar-refractivity contribution in [3.63, 3.8) is 0 Å². The zero-order chi connectivity index (χ0) is 19.8. The Morgan fingerprint density at radius 2 is 1.89 bits per heavy atom. The van der Waals surface area contributed by atoms with Crippen molar-refractivity contribution in [3.8, 4) is 0 Å². The number of nitrogens with zero attached hydrogens (tertiary/aromatic N) is 2. The van der Waals surface area contributed by atoms with Gasteiger partial charge in [0.05, 0.1) is 0 Å². The van der Waals surface area contributed by atoms with E-state index in [1.807, 2.05) is 12.1 Å². The van der Waals surface area contributed by atoms with Crippen molar-refractivity contribution >= 4 is 17.7 Å². The summed E-state index contributed by atoms with van der Waals surface area (Å²) < 4.78 is 0. The van der Waals surface area contributed by atoms with Crippen LogP contribution in [0.1, 0.15) is 60.0 Å². The maximum absolute atomic E-state index is 12.9. The molecule has 2 fully saturated rings. The fourth-order valence-electron chi connectivity index (χ4n) is 4.74. The lowest BCUT2D eigenvalue weighted by atomic mass is 9.90. The van der Waals surface area contributed by atoms with Crippen molar-refractivity contribution in [1.82, 2.24) is 15.1 Å². The number of amides is 3. The third-order valence-corrected chi connectivity index (χ3v) is 6.46. The molecule has 3 aliphatic rings. The van der Waals surface area contributed by atoms with Crippen LogP contribution in [0.4, 0.5) is 0 Å². The number of piperidine rings is 1. The maximum atomic E-state index is 12.9. The van der Waals surface area contributed by atoms with E-state index >= 15 is 0 Å². The number of nitrogens with one attached hydrogen (secondary N) is 1. The van der Waals surface area contributed by atoms with E-state index in [2.05, 4.69) is 23.3 Å². The van der Waals surface area contributed by atoms with E-state index in [4.69, 9.17) is 5.73 Å². The monoisotopic (exact) mass is 384 g/mol. The molecule has 4 rings (SSSR count). The summed E-state index contributed by atoms with van der Waals surface area (Å²) in [6.45, 7) is 1.21. The van der Waals surface area contributed by atoms with E-state index < -0.39 is 6.04 Å². The summed E-state index contributed by atoms with van der Waals surface area (Å²) >= 11 is 0. The number of carbonyl (C=O) groups is 3. The molecule has 7 nitrogen and oxygen atoms in total. The zero-order valence-electron chi connectivity index (χ0n) is 16.3. The van der Waals surface area contributed by atoms with E-state index in [0.717, 1.165) is 43.4 Å². The van der Waals surface area contributed by atoms with Crippen molar-refractivity contribution in [1.29, 1.82) is 0 Å². The fourth-order valence-corrected chi connectivity index (χ4v) is 4.74. The standard InChI is InChI=1S/C21H28N4O3/c1-24(15-7-5-14(22)6-8-15)11-13-3-2-4-16-17(13)12-25(21(16)28)18-9-10-19(26)23-20(18)27/h2-4,14-15,18H,5-12,22H2,1H3,(H,23,26,27). The molecule has 150 valence electrons. The molecule has 1 saturated heterocycles. The van der Waals surface area contributed by atoms with Crippen LogP contribution in [0.15, 0.2) is 18.2 Å². The van der Waals surface area contributed by atoms with Gasteiger partial charge in [-0.1, -0.05) is 12.1 Å². The lowest BCUT2D eigenvalue weighted by molar-refractivity contribution is -0.136. The first-order chi connectivity index (χ1) is 13.4. The van der Waals surface area contributed by atoms with E-state index in [-0.39, 0.29) is 24.1 Å². The summed E-state index contributed by atoms with van der Waals surface area (Å²) in [5.74, 6) is -0.743. The molecule has 0 bridgehead atoms. The second kappa shape index (κ2) is 7.64. The van der Waals surface area contributed by atoms with Gasteiger partial charge in [0.15, 0.2) is 0 Å². The summed E-state index contributed by atoms with van der Waals surface area (Å²) in [5.41, 5.74) is 8.86. The lowest BCUT2D eigenvalue weighted by Crippen LogP contribution is -2.52. The highest BCUT2D eigenvalue weighted by molar-refractivity contribution is 6.05. The number of benzene rings is 1. The molecule has 2 aliphatic heterocycles. The number of hydrogen-bond acceptors (Lipinski definition) is 5. The first kappa shape index (κ1) is 19.1. The second-order valence-corrected chi connectivity index (χ2v) is 8.33. The second-order valence-electron chi connectivity index (χ2n) is 8.33. The molecule has 2 heterocycles. The third kappa shape index (κ3) is 3.56. The predicted octanol–water partition coefficient (Wildman–Crippen LogP) is 1.15. The summed E-state index contributed by atoms with van der Waals surface area (Å²) in [5, 5.41) is 2.36. The lowest BCUT2D eigenvalue weighted by Gasteiger charge is -2.34. The molecule has 1 saturated carbocycles. The van der Waals surface area contributed by atoms with Crippen molar-refractivity contribution in [2.24, 2.45) is 5.73 Å². The number of carbonyl (C=O) groups excluding carboxylic acids is 3. The average Bonchev–Trinajstić information content (AvgIpc) is 3.00. The van der Waals surface area contributed by atoms with Crippen LogP contribution in [0, 0.1) is 0 Å². The van der Waals surface area contributed by atoms with Gasteiger partial charge < -0.3 is 10.6 Å². The summed E-state index contributed by atoms with van der Waals surface area (Å²) in [6.07, 6.45) is 4.99. The van der Waals surface area contributed by atoms with Crippen LogP contribution in [0.5, 0.6) is 0 Å². The maximum Gasteiger partial charge on any atom is 0.255 e. The summed E-state index contributed by atoms with van der Waals surface area (Å²) in [6, 6.07) is 6.11. The van der Waals surface area contributed by atoms with Crippen molar-refractivity contribution in [2.45, 2.75) is 69.7 Å². The van der Waals surface area contributed by atoms with Crippen LogP contribution in [-0.4, -0.2) is 52.7 Å². The Kier molecular flexibility index (Phi) is 5.21. The van der Waals surface area contributed by atoms with Gasteiger partial charge in [-0.05, 0) is 56.3 Å². The molecule has 1 aliphatic carbocycles. The molecule has 28 heavy (non-hydrogen) atoms. The Balaban J connectivity index is 1.50. The van der Waals surface area contributed by atoms with Gasteiger partial charge in [0.25, 0.3) is 5.91 Å². The number of imide groups is 1. The van der Waals surface area contributed by atoms with Gasteiger partial charge in [-0.3, -0.25) is 24.6 Å². The Labute approximate surface area is 165 Å². The first-order valence-corrected chi connectivity index (χ1v) is 10.1. The highest BCUT2D eigenvalue weighted by Gasteiger charge is 2.39. The van der Waals surface area contributed by atoms with Crippen molar-refractivity contribution < 1.29 is 14.4 Å². The van der Waals surface area contributed by atoms with Gasteiger partial charge in [-0.15, -0.1) is 0 Å². The molecule has 1 aromatic carbocycles. The Morgan fingerprint density at radius 3 is 2.61 bits per heavy atom. The number of hydrogen-bond donors (Lipinski definition) is 2. The minimum absolute atomic E-state index is 0.113. The highest BCUT2D eigenvalue weighted by atomic mass is 16.2. The van der Waals surface area contributed by atoms with Crippen LogP contribution in [0.2, 0.25) is 0 Å². The molecule has 0 spiro atoms. The fraction of sp³-hybridized carbons (Fsp3) is 0.571. The van der Waals surface area contributed by atoms with Crippen LogP contribution >= 0.6 is 0 Å². The minimum atomic E-state index is -0.567. The molecule has 7 heteroatoms. The van der Waals surface area contributed by atoms with Gasteiger partial charge in [0.2, 0.25) is 11.8 Å². The minimum Gasteiger partial charge on any atom is -0.328 e. The predicted molar refractivity (Wildman–Crippen MR) is 104 cm³/mol. The summed E-state index contributed by atoms with van der Waals surface area (Å²) in [4.78, 5) is 40.6. The van der Waals surface area contributed by atoms with Gasteiger partial charge in [-0.25, -0.2) is 0 Å². The number of rotatable bonds is 4. The normalized spacial score (nSPS) is 27.9. The van der Waals surface area contributed by atoms with E-state index in [1.165, 1.54) is 0 Å². The van der Waals surface area contributed by atoms with Gasteiger partial charge in [0.1, 0.15) is 6.04 Å².